The molecule has 1 amide bonds. The van der Waals surface area contributed by atoms with Gasteiger partial charge in [-0.15, -0.1) is 22.7 Å². The van der Waals surface area contributed by atoms with Gasteiger partial charge in [0, 0.05) is 41.7 Å². The number of carbonyl (C=O) groups excluding carboxylic acids is 1. The Morgan fingerprint density at radius 2 is 2.44 bits per heavy atom. The van der Waals surface area contributed by atoms with E-state index in [2.05, 4.69) is 9.97 Å². The summed E-state index contributed by atoms with van der Waals surface area (Å²) in [5.41, 5.74) is 1.77. The van der Waals surface area contributed by atoms with Crippen LogP contribution in [-0.4, -0.2) is 33.9 Å². The molecule has 4 nitrogen and oxygen atoms in total. The van der Waals surface area contributed by atoms with Gasteiger partial charge in [-0.05, 0) is 6.42 Å². The highest BCUT2D eigenvalue weighted by Crippen LogP contribution is 2.28. The first-order chi connectivity index (χ1) is 8.83. The average molecular weight is 279 g/mol. The van der Waals surface area contributed by atoms with Crippen LogP contribution in [0, 0.1) is 0 Å². The average Bonchev–Trinajstić information content (AvgIpc) is 3.11. The molecule has 1 fully saturated rings. The second-order valence-electron chi connectivity index (χ2n) is 4.34. The Kier molecular flexibility index (Phi) is 3.38. The number of thiazole rings is 2. The van der Waals surface area contributed by atoms with Gasteiger partial charge >= 0.3 is 0 Å². The minimum atomic E-state index is 0.207. The van der Waals surface area contributed by atoms with Crippen molar-refractivity contribution in [1.82, 2.24) is 14.9 Å². The Hall–Kier alpha value is -1.27. The largest absolute Gasteiger partial charge is 0.342 e. The van der Waals surface area contributed by atoms with Crippen molar-refractivity contribution in [1.29, 1.82) is 0 Å². The number of amides is 1. The van der Waals surface area contributed by atoms with Crippen molar-refractivity contribution in [3.63, 3.8) is 0 Å². The smallest absolute Gasteiger partial charge is 0.227 e. The Labute approximate surface area is 113 Å². The van der Waals surface area contributed by atoms with Crippen LogP contribution >= 0.6 is 22.7 Å². The van der Waals surface area contributed by atoms with E-state index in [1.165, 1.54) is 11.3 Å². The third-order valence-corrected chi connectivity index (χ3v) is 4.87. The van der Waals surface area contributed by atoms with Crippen molar-refractivity contribution in [2.75, 3.05) is 13.1 Å². The SMILES string of the molecule is O=C(Cc1cncs1)N1CCC(c2nccs2)C1. The molecule has 3 heterocycles. The molecular formula is C12H13N3OS2. The number of rotatable bonds is 3. The molecule has 3 rings (SSSR count). The fourth-order valence-corrected chi connectivity index (χ4v) is 3.57. The van der Waals surface area contributed by atoms with Gasteiger partial charge in [-0.1, -0.05) is 0 Å². The van der Waals surface area contributed by atoms with Crippen molar-refractivity contribution in [3.8, 4) is 0 Å². The third kappa shape index (κ3) is 2.44. The monoisotopic (exact) mass is 279 g/mol. The van der Waals surface area contributed by atoms with Crippen molar-refractivity contribution in [2.24, 2.45) is 0 Å². The molecule has 0 bridgehead atoms. The van der Waals surface area contributed by atoms with Crippen LogP contribution in [0.5, 0.6) is 0 Å². The van der Waals surface area contributed by atoms with Gasteiger partial charge in [-0.25, -0.2) is 4.98 Å². The summed E-state index contributed by atoms with van der Waals surface area (Å²) in [6, 6.07) is 0. The van der Waals surface area contributed by atoms with Crippen LogP contribution < -0.4 is 0 Å². The Morgan fingerprint density at radius 3 is 3.17 bits per heavy atom. The van der Waals surface area contributed by atoms with Crippen LogP contribution in [0.2, 0.25) is 0 Å². The molecule has 0 spiro atoms. The topological polar surface area (TPSA) is 46.1 Å². The molecule has 6 heteroatoms. The van der Waals surface area contributed by atoms with Gasteiger partial charge in [0.15, 0.2) is 0 Å². The lowest BCUT2D eigenvalue weighted by Gasteiger charge is -2.15. The van der Waals surface area contributed by atoms with Crippen molar-refractivity contribution in [3.05, 3.63) is 33.2 Å². The molecular weight excluding hydrogens is 266 g/mol. The van der Waals surface area contributed by atoms with Gasteiger partial charge in [0.25, 0.3) is 0 Å². The Balaban J connectivity index is 1.60. The molecule has 18 heavy (non-hydrogen) atoms. The second-order valence-corrected chi connectivity index (χ2v) is 6.24. The summed E-state index contributed by atoms with van der Waals surface area (Å²) in [7, 11) is 0. The zero-order valence-corrected chi connectivity index (χ0v) is 11.4. The minimum absolute atomic E-state index is 0.207. The Morgan fingerprint density at radius 1 is 1.50 bits per heavy atom. The highest BCUT2D eigenvalue weighted by Gasteiger charge is 2.28. The van der Waals surface area contributed by atoms with E-state index < -0.39 is 0 Å². The first kappa shape index (κ1) is 11.8. The van der Waals surface area contributed by atoms with Crippen molar-refractivity contribution in [2.45, 2.75) is 18.8 Å². The summed E-state index contributed by atoms with van der Waals surface area (Å²) in [6.45, 7) is 1.66. The lowest BCUT2D eigenvalue weighted by atomic mass is 10.1. The first-order valence-corrected chi connectivity index (χ1v) is 7.63. The molecule has 1 aliphatic rings. The summed E-state index contributed by atoms with van der Waals surface area (Å²) in [5, 5.41) is 3.15. The van der Waals surface area contributed by atoms with Crippen LogP contribution in [0.3, 0.4) is 0 Å². The summed E-state index contributed by atoms with van der Waals surface area (Å²) in [4.78, 5) is 23.4. The van der Waals surface area contributed by atoms with E-state index in [-0.39, 0.29) is 5.91 Å². The summed E-state index contributed by atoms with van der Waals surface area (Å²) >= 11 is 3.22. The molecule has 0 aromatic carbocycles. The van der Waals surface area contributed by atoms with Gasteiger partial charge in [-0.3, -0.25) is 9.78 Å². The first-order valence-electron chi connectivity index (χ1n) is 5.87. The molecule has 2 aromatic rings. The molecule has 1 unspecified atom stereocenters. The molecule has 0 N–H and O–H groups in total. The summed E-state index contributed by atoms with van der Waals surface area (Å²) in [5.74, 6) is 0.633. The maximum Gasteiger partial charge on any atom is 0.227 e. The van der Waals surface area contributed by atoms with Gasteiger partial charge in [0.05, 0.1) is 16.9 Å². The number of likely N-dealkylation sites (tertiary alicyclic amines) is 1. The van der Waals surface area contributed by atoms with E-state index in [4.69, 9.17) is 0 Å². The molecule has 0 saturated carbocycles. The van der Waals surface area contributed by atoms with Crippen LogP contribution in [0.25, 0.3) is 0 Å². The van der Waals surface area contributed by atoms with Crippen LogP contribution in [0.1, 0.15) is 22.2 Å². The van der Waals surface area contributed by atoms with Crippen molar-refractivity contribution < 1.29 is 4.79 Å². The van der Waals surface area contributed by atoms with Gasteiger partial charge in [-0.2, -0.15) is 0 Å². The number of carbonyl (C=O) groups is 1. The standard InChI is InChI=1S/C12H13N3OS2/c16-11(5-10-6-13-8-18-10)15-3-1-9(7-15)12-14-2-4-17-12/h2,4,6,8-9H,1,3,5,7H2. The van der Waals surface area contributed by atoms with Crippen molar-refractivity contribution >= 4 is 28.6 Å². The Bertz CT molecular complexity index is 509. The quantitative estimate of drug-likeness (QED) is 0.865. The maximum absolute atomic E-state index is 12.1. The lowest BCUT2D eigenvalue weighted by Crippen LogP contribution is -2.29. The molecule has 2 aromatic heterocycles. The molecule has 94 valence electrons. The molecule has 1 atom stereocenters. The third-order valence-electron chi connectivity index (χ3n) is 3.15. The van der Waals surface area contributed by atoms with E-state index in [9.17, 15) is 4.79 Å². The number of aromatic nitrogens is 2. The van der Waals surface area contributed by atoms with Crippen LogP contribution in [0.4, 0.5) is 0 Å². The number of nitrogens with zero attached hydrogens (tertiary/aromatic N) is 3. The highest BCUT2D eigenvalue weighted by atomic mass is 32.1. The molecule has 1 saturated heterocycles. The number of hydrogen-bond acceptors (Lipinski definition) is 5. The summed E-state index contributed by atoms with van der Waals surface area (Å²) in [6.07, 6.45) is 5.12. The van der Waals surface area contributed by atoms with E-state index in [1.54, 1.807) is 23.0 Å². The molecule has 0 radical (unpaired) electrons. The van der Waals surface area contributed by atoms with Gasteiger partial charge < -0.3 is 4.90 Å². The highest BCUT2D eigenvalue weighted by molar-refractivity contribution is 7.09. The minimum Gasteiger partial charge on any atom is -0.342 e. The fraction of sp³-hybridized carbons (Fsp3) is 0.417. The number of hydrogen-bond donors (Lipinski definition) is 0. The molecule has 0 aliphatic carbocycles. The van der Waals surface area contributed by atoms with Gasteiger partial charge in [0.1, 0.15) is 0 Å². The van der Waals surface area contributed by atoms with E-state index >= 15 is 0 Å². The van der Waals surface area contributed by atoms with E-state index in [0.29, 0.717) is 12.3 Å². The lowest BCUT2D eigenvalue weighted by molar-refractivity contribution is -0.129. The van der Waals surface area contributed by atoms with Crippen LogP contribution in [-0.2, 0) is 11.2 Å². The second kappa shape index (κ2) is 5.16. The van der Waals surface area contributed by atoms with Crippen LogP contribution in [0.15, 0.2) is 23.3 Å². The fourth-order valence-electron chi connectivity index (χ4n) is 2.21. The van der Waals surface area contributed by atoms with E-state index in [0.717, 1.165) is 29.4 Å². The van der Waals surface area contributed by atoms with Gasteiger partial charge in [0.2, 0.25) is 5.91 Å². The summed E-state index contributed by atoms with van der Waals surface area (Å²) < 4.78 is 0. The van der Waals surface area contributed by atoms with E-state index in [1.807, 2.05) is 16.5 Å². The predicted molar refractivity (Wildman–Crippen MR) is 71.9 cm³/mol. The zero-order valence-electron chi connectivity index (χ0n) is 9.78. The normalized spacial score (nSPS) is 19.3. The zero-order chi connectivity index (χ0) is 12.4. The maximum atomic E-state index is 12.1. The predicted octanol–water partition coefficient (Wildman–Crippen LogP) is 2.16. The molecule has 1 aliphatic heterocycles.